The highest BCUT2D eigenvalue weighted by Gasteiger charge is 2.59. The molecule has 470 valence electrons. The Balaban J connectivity index is 1.02. The molecular weight excluding hydrogens is 1140 g/mol. The SMILES string of the molecule is Cc1cc2c(cc1N1c3cc4c(cc3B3c5cc6c(cc5N(c5ccc7c(c5)sc5ccccc57)c5cc(N7c8ccc(-c9ccc(C(C)(C)C)cc9)cc8C8(C)CCCCC78C)cc1c53)C(C)(C)CC6(C)C)C(C)(C)c1ccccc1C4(C)C)C(C)(C)CCC2(C)C. The number of rotatable bonds is 4. The molecule has 3 aliphatic heterocycles. The molecule has 0 radical (unpaired) electrons. The number of hydrogen-bond acceptors (Lipinski definition) is 4. The summed E-state index contributed by atoms with van der Waals surface area (Å²) in [4.78, 5) is 8.51. The Labute approximate surface area is 559 Å². The van der Waals surface area contributed by atoms with E-state index in [1.807, 2.05) is 11.3 Å². The lowest BCUT2D eigenvalue weighted by Gasteiger charge is -2.51. The zero-order chi connectivity index (χ0) is 65.0. The molecule has 4 aliphatic carbocycles. The molecule has 5 heteroatoms. The molecule has 0 bridgehead atoms. The van der Waals surface area contributed by atoms with Gasteiger partial charge in [-0.25, -0.2) is 0 Å². The number of anilines is 8. The van der Waals surface area contributed by atoms with Gasteiger partial charge in [-0.2, -0.15) is 0 Å². The van der Waals surface area contributed by atoms with Gasteiger partial charge in [-0.05, 0) is 222 Å². The molecule has 3 nitrogen and oxygen atoms in total. The van der Waals surface area contributed by atoms with Crippen LogP contribution in [-0.2, 0) is 43.3 Å². The summed E-state index contributed by atoms with van der Waals surface area (Å²) in [5, 5.41) is 2.66. The Hall–Kier alpha value is -7.34. The summed E-state index contributed by atoms with van der Waals surface area (Å²) in [6, 6.07) is 64.6. The first kappa shape index (κ1) is 59.4. The van der Waals surface area contributed by atoms with Crippen LogP contribution in [0, 0.1) is 6.92 Å². The zero-order valence-corrected chi connectivity index (χ0v) is 59.6. The van der Waals surface area contributed by atoms with Crippen molar-refractivity contribution in [2.24, 2.45) is 0 Å². The van der Waals surface area contributed by atoms with Gasteiger partial charge >= 0.3 is 0 Å². The number of thiophene rings is 1. The Morgan fingerprint density at radius 2 is 0.935 bits per heavy atom. The molecule has 0 amide bonds. The molecule has 0 spiro atoms. The van der Waals surface area contributed by atoms with E-state index in [4.69, 9.17) is 0 Å². The van der Waals surface area contributed by atoms with E-state index in [2.05, 4.69) is 297 Å². The molecule has 93 heavy (non-hydrogen) atoms. The molecule has 9 aromatic carbocycles. The quantitative estimate of drug-likeness (QED) is 0.163. The van der Waals surface area contributed by atoms with Crippen LogP contribution < -0.4 is 31.1 Å². The third-order valence-corrected chi connectivity index (χ3v) is 26.9. The van der Waals surface area contributed by atoms with E-state index in [9.17, 15) is 0 Å². The van der Waals surface area contributed by atoms with Crippen molar-refractivity contribution in [2.45, 2.75) is 218 Å². The predicted molar refractivity (Wildman–Crippen MR) is 402 cm³/mol. The van der Waals surface area contributed by atoms with E-state index < -0.39 is 0 Å². The van der Waals surface area contributed by atoms with Crippen molar-refractivity contribution < 1.29 is 0 Å². The van der Waals surface area contributed by atoms with Crippen molar-refractivity contribution >= 4 is 100 Å². The Kier molecular flexibility index (Phi) is 12.1. The van der Waals surface area contributed by atoms with E-state index in [1.165, 1.54) is 174 Å². The second-order valence-corrected chi connectivity index (χ2v) is 36.2. The standard InChI is InChI=1S/C88H94BN3S/c1-52-41-62-64(82(7,8)40-39-81(62,5)6)48-72(52)91-74-50-67-66(85(13,14)60-26-20-21-27-61(60)86(67,15)16)47-70(74)89-69-46-63-65(84(11,12)51-83(63,9)10)49-73(69)90(56-34-35-59-58-25-19-22-28-77(58)93-78(59)45-56)75-43-57(44-76(91)79(75)89)92-71-36-31-54(53-29-32-55(33-30-53)80(2,3)4)42-68(71)87(17)37-23-24-38-88(87,92)18/h19-22,25-36,41-50H,23-24,37-40,51H2,1-18H3. The number of benzene rings is 9. The summed E-state index contributed by atoms with van der Waals surface area (Å²) in [6.07, 6.45) is 8.09. The Bertz CT molecular complexity index is 4900. The first-order valence-electron chi connectivity index (χ1n) is 35.2. The number of hydrogen-bond donors (Lipinski definition) is 0. The van der Waals surface area contributed by atoms with E-state index >= 15 is 0 Å². The topological polar surface area (TPSA) is 9.72 Å². The monoisotopic (exact) mass is 1240 g/mol. The maximum atomic E-state index is 2.89. The molecule has 4 heterocycles. The van der Waals surface area contributed by atoms with Gasteiger partial charge in [0.2, 0.25) is 0 Å². The van der Waals surface area contributed by atoms with Gasteiger partial charge in [-0.15, -0.1) is 11.3 Å². The third kappa shape index (κ3) is 8.08. The van der Waals surface area contributed by atoms with Gasteiger partial charge in [0.05, 0.1) is 5.54 Å². The van der Waals surface area contributed by atoms with Gasteiger partial charge in [0.15, 0.2) is 0 Å². The zero-order valence-electron chi connectivity index (χ0n) is 58.8. The Morgan fingerprint density at radius 3 is 1.61 bits per heavy atom. The Morgan fingerprint density at radius 1 is 0.398 bits per heavy atom. The molecule has 1 aromatic heterocycles. The van der Waals surface area contributed by atoms with Gasteiger partial charge in [-0.3, -0.25) is 0 Å². The third-order valence-electron chi connectivity index (χ3n) is 25.8. The smallest absolute Gasteiger partial charge is 0.252 e. The first-order chi connectivity index (χ1) is 43.8. The maximum absolute atomic E-state index is 2.89. The molecule has 1 saturated carbocycles. The summed E-state index contributed by atoms with van der Waals surface area (Å²) < 4.78 is 2.66. The molecule has 0 saturated heterocycles. The van der Waals surface area contributed by atoms with Gasteiger partial charge in [0, 0.05) is 81.9 Å². The van der Waals surface area contributed by atoms with Crippen LogP contribution in [0.25, 0.3) is 31.3 Å². The normalized spacial score (nSPS) is 22.5. The fourth-order valence-electron chi connectivity index (χ4n) is 20.3. The molecule has 2 unspecified atom stereocenters. The molecule has 17 rings (SSSR count). The van der Waals surface area contributed by atoms with E-state index in [0.29, 0.717) is 0 Å². The van der Waals surface area contributed by atoms with E-state index in [1.54, 1.807) is 0 Å². The lowest BCUT2D eigenvalue weighted by Crippen LogP contribution is -2.62. The molecule has 1 fully saturated rings. The highest BCUT2D eigenvalue weighted by atomic mass is 32.1. The number of aryl methyl sites for hydroxylation is 1. The van der Waals surface area contributed by atoms with Crippen LogP contribution in [0.4, 0.5) is 45.5 Å². The highest BCUT2D eigenvalue weighted by Crippen LogP contribution is 2.64. The lowest BCUT2D eigenvalue weighted by molar-refractivity contribution is 0.195. The predicted octanol–water partition coefficient (Wildman–Crippen LogP) is 22.4. The van der Waals surface area contributed by atoms with Crippen molar-refractivity contribution in [1.29, 1.82) is 0 Å². The minimum Gasteiger partial charge on any atom is -0.334 e. The minimum atomic E-state index is -0.262. The largest absolute Gasteiger partial charge is 0.334 e. The van der Waals surface area contributed by atoms with Gasteiger partial charge in [0.25, 0.3) is 6.71 Å². The number of nitrogens with zero attached hydrogens (tertiary/aromatic N) is 3. The fourth-order valence-corrected chi connectivity index (χ4v) is 21.5. The molecule has 0 N–H and O–H groups in total. The molecular formula is C88H94BN3S. The van der Waals surface area contributed by atoms with E-state index in [-0.39, 0.29) is 55.6 Å². The van der Waals surface area contributed by atoms with Crippen molar-refractivity contribution in [3.8, 4) is 11.1 Å². The second kappa shape index (κ2) is 19.0. The van der Waals surface area contributed by atoms with Crippen molar-refractivity contribution in [2.75, 3.05) is 14.7 Å². The average Bonchev–Trinajstić information content (AvgIpc) is 1.52. The molecule has 2 atom stereocenters. The maximum Gasteiger partial charge on any atom is 0.252 e. The van der Waals surface area contributed by atoms with Crippen LogP contribution in [0.15, 0.2) is 158 Å². The van der Waals surface area contributed by atoms with Crippen LogP contribution in [-0.4, -0.2) is 12.3 Å². The van der Waals surface area contributed by atoms with Crippen LogP contribution in [0.5, 0.6) is 0 Å². The van der Waals surface area contributed by atoms with Crippen LogP contribution >= 0.6 is 11.3 Å². The lowest BCUT2D eigenvalue weighted by atomic mass is 9.32. The summed E-state index contributed by atoms with van der Waals surface area (Å²) in [7, 11) is 0. The summed E-state index contributed by atoms with van der Waals surface area (Å²) >= 11 is 1.93. The minimum absolute atomic E-state index is 0.00395. The van der Waals surface area contributed by atoms with Gasteiger partial charge in [-0.1, -0.05) is 221 Å². The number of fused-ring (bicyclic) bond motifs is 14. The first-order valence-corrected chi connectivity index (χ1v) is 36.0. The van der Waals surface area contributed by atoms with Crippen molar-refractivity contribution in [3.05, 3.63) is 219 Å². The van der Waals surface area contributed by atoms with Crippen molar-refractivity contribution in [3.63, 3.8) is 0 Å². The van der Waals surface area contributed by atoms with Crippen LogP contribution in [0.2, 0.25) is 0 Å². The molecule has 10 aromatic rings. The second-order valence-electron chi connectivity index (χ2n) is 35.1. The van der Waals surface area contributed by atoms with Crippen molar-refractivity contribution in [1.82, 2.24) is 0 Å². The van der Waals surface area contributed by atoms with Gasteiger partial charge < -0.3 is 14.7 Å². The average molecular weight is 1240 g/mol. The van der Waals surface area contributed by atoms with Crippen LogP contribution in [0.1, 0.15) is 224 Å². The summed E-state index contributed by atoms with van der Waals surface area (Å²) in [5.41, 5.74) is 32.4. The summed E-state index contributed by atoms with van der Waals surface area (Å²) in [6.45, 7) is 44.7. The fraction of sp³-hybridized carbons (Fsp3) is 0.386. The highest BCUT2D eigenvalue weighted by molar-refractivity contribution is 7.25. The summed E-state index contributed by atoms with van der Waals surface area (Å²) in [5.74, 6) is 0. The van der Waals surface area contributed by atoms with Gasteiger partial charge in [0.1, 0.15) is 0 Å². The van der Waals surface area contributed by atoms with E-state index in [0.717, 1.165) is 25.7 Å². The molecule has 7 aliphatic rings. The van der Waals surface area contributed by atoms with Crippen LogP contribution in [0.3, 0.4) is 0 Å².